The van der Waals surface area contributed by atoms with Crippen molar-refractivity contribution < 1.29 is 0 Å². The molecule has 0 heterocycles. The molecule has 1 rings (SSSR count). The van der Waals surface area contributed by atoms with Crippen molar-refractivity contribution >= 4 is 0 Å². The Labute approximate surface area is 131 Å². The van der Waals surface area contributed by atoms with Crippen molar-refractivity contribution in [1.29, 1.82) is 0 Å². The molecule has 0 saturated carbocycles. The van der Waals surface area contributed by atoms with Crippen molar-refractivity contribution in [1.82, 2.24) is 4.90 Å². The molecule has 0 bridgehead atoms. The number of hydrogen-bond donors (Lipinski definition) is 1. The summed E-state index contributed by atoms with van der Waals surface area (Å²) in [6, 6.07) is 4.65. The van der Waals surface area contributed by atoms with E-state index in [2.05, 4.69) is 65.5 Å². The topological polar surface area (TPSA) is 29.3 Å². The zero-order valence-electron chi connectivity index (χ0n) is 15.1. The van der Waals surface area contributed by atoms with Crippen LogP contribution in [-0.4, -0.2) is 23.5 Å². The highest BCUT2D eigenvalue weighted by Gasteiger charge is 2.39. The maximum Gasteiger partial charge on any atom is 0.0484 e. The summed E-state index contributed by atoms with van der Waals surface area (Å²) in [7, 11) is 0. The molecule has 0 saturated heterocycles. The molecule has 1 aromatic rings. The van der Waals surface area contributed by atoms with Crippen LogP contribution in [0.1, 0.15) is 68.8 Å². The van der Waals surface area contributed by atoms with E-state index in [1.54, 1.807) is 0 Å². The molecule has 1 unspecified atom stereocenters. The van der Waals surface area contributed by atoms with Crippen LogP contribution in [0.3, 0.4) is 0 Å². The van der Waals surface area contributed by atoms with Gasteiger partial charge in [-0.15, -0.1) is 0 Å². The highest BCUT2D eigenvalue weighted by molar-refractivity contribution is 5.39. The van der Waals surface area contributed by atoms with E-state index in [1.807, 2.05) is 0 Å². The van der Waals surface area contributed by atoms with Crippen LogP contribution < -0.4 is 5.73 Å². The van der Waals surface area contributed by atoms with E-state index in [-0.39, 0.29) is 11.6 Å². The van der Waals surface area contributed by atoms with E-state index in [0.717, 1.165) is 25.9 Å². The highest BCUT2D eigenvalue weighted by Crippen LogP contribution is 2.37. The number of rotatable bonds is 7. The van der Waals surface area contributed by atoms with E-state index in [1.165, 1.54) is 22.3 Å². The van der Waals surface area contributed by atoms with Gasteiger partial charge in [-0.05, 0) is 69.0 Å². The number of aryl methyl sites for hydroxylation is 3. The van der Waals surface area contributed by atoms with Crippen LogP contribution in [-0.2, 0) is 0 Å². The van der Waals surface area contributed by atoms with Crippen molar-refractivity contribution in [3.63, 3.8) is 0 Å². The van der Waals surface area contributed by atoms with Gasteiger partial charge in [-0.2, -0.15) is 0 Å². The van der Waals surface area contributed by atoms with Gasteiger partial charge < -0.3 is 5.73 Å². The molecular formula is C19H34N2. The van der Waals surface area contributed by atoms with Gasteiger partial charge in [0.25, 0.3) is 0 Å². The summed E-state index contributed by atoms with van der Waals surface area (Å²) in [5.41, 5.74) is 12.2. The Bertz CT molecular complexity index is 457. The second-order valence-electron chi connectivity index (χ2n) is 6.25. The molecule has 0 amide bonds. The summed E-state index contributed by atoms with van der Waals surface area (Å²) in [4.78, 5) is 2.55. The van der Waals surface area contributed by atoms with Crippen LogP contribution in [0, 0.1) is 20.8 Å². The number of likely N-dealkylation sites (N-methyl/N-ethyl adjacent to an activating group) is 1. The Morgan fingerprint density at radius 1 is 0.905 bits per heavy atom. The van der Waals surface area contributed by atoms with E-state index >= 15 is 0 Å². The predicted molar refractivity (Wildman–Crippen MR) is 93.8 cm³/mol. The lowest BCUT2D eigenvalue weighted by atomic mass is 9.77. The van der Waals surface area contributed by atoms with Crippen LogP contribution in [0.5, 0.6) is 0 Å². The molecule has 1 aromatic carbocycles. The molecule has 1 atom stereocenters. The fourth-order valence-corrected chi connectivity index (χ4v) is 3.79. The van der Waals surface area contributed by atoms with Gasteiger partial charge in [0.15, 0.2) is 0 Å². The second kappa shape index (κ2) is 7.42. The van der Waals surface area contributed by atoms with Crippen LogP contribution in [0.2, 0.25) is 0 Å². The maximum absolute atomic E-state index is 6.83. The predicted octanol–water partition coefficient (Wildman–Crippen LogP) is 4.51. The molecule has 2 nitrogen and oxygen atoms in total. The third kappa shape index (κ3) is 3.32. The molecule has 0 aromatic heterocycles. The van der Waals surface area contributed by atoms with Gasteiger partial charge in [0, 0.05) is 11.6 Å². The summed E-state index contributed by atoms with van der Waals surface area (Å²) in [6.45, 7) is 17.7. The van der Waals surface area contributed by atoms with Crippen LogP contribution in [0.25, 0.3) is 0 Å². The van der Waals surface area contributed by atoms with Crippen LogP contribution in [0.15, 0.2) is 12.1 Å². The number of benzene rings is 1. The first-order valence-electron chi connectivity index (χ1n) is 8.46. The number of nitrogens with two attached hydrogens (primary N) is 1. The lowest BCUT2D eigenvalue weighted by Crippen LogP contribution is -2.55. The smallest absolute Gasteiger partial charge is 0.0484 e. The van der Waals surface area contributed by atoms with Gasteiger partial charge in [0.05, 0.1) is 0 Å². The molecule has 0 spiro atoms. The molecule has 2 N–H and O–H groups in total. The third-order valence-electron chi connectivity index (χ3n) is 5.41. The quantitative estimate of drug-likeness (QED) is 0.800. The Balaban J connectivity index is 3.35. The number of nitrogens with zero attached hydrogens (tertiary/aromatic N) is 1. The zero-order valence-corrected chi connectivity index (χ0v) is 15.1. The van der Waals surface area contributed by atoms with Crippen molar-refractivity contribution in [2.45, 2.75) is 72.9 Å². The Morgan fingerprint density at radius 2 is 1.38 bits per heavy atom. The normalized spacial score (nSPS) is 13.8. The van der Waals surface area contributed by atoms with Crippen molar-refractivity contribution in [2.24, 2.45) is 5.73 Å². The first-order valence-corrected chi connectivity index (χ1v) is 8.46. The van der Waals surface area contributed by atoms with Crippen LogP contribution in [0.4, 0.5) is 0 Å². The third-order valence-corrected chi connectivity index (χ3v) is 5.41. The van der Waals surface area contributed by atoms with Crippen molar-refractivity contribution in [3.05, 3.63) is 34.4 Å². The van der Waals surface area contributed by atoms with E-state index in [9.17, 15) is 0 Å². The standard InChI is InChI=1S/C19H34N2/c1-8-19(9-2,21(10-3)11-4)18(20)17-13-15(6)14(5)12-16(17)7/h12-13,18H,8-11,20H2,1-7H3. The first-order chi connectivity index (χ1) is 9.87. The Kier molecular flexibility index (Phi) is 6.42. The van der Waals surface area contributed by atoms with Crippen molar-refractivity contribution in [2.75, 3.05) is 13.1 Å². The molecule has 2 heteroatoms. The first kappa shape index (κ1) is 18.2. The largest absolute Gasteiger partial charge is 0.322 e. The summed E-state index contributed by atoms with van der Waals surface area (Å²) < 4.78 is 0. The minimum Gasteiger partial charge on any atom is -0.322 e. The molecule has 0 aliphatic carbocycles. The maximum atomic E-state index is 6.83. The summed E-state index contributed by atoms with van der Waals surface area (Å²) in [6.07, 6.45) is 2.16. The lowest BCUT2D eigenvalue weighted by Gasteiger charge is -2.47. The van der Waals surface area contributed by atoms with Gasteiger partial charge in [0.1, 0.15) is 0 Å². The molecule has 0 radical (unpaired) electrons. The summed E-state index contributed by atoms with van der Waals surface area (Å²) in [5, 5.41) is 0. The average molecular weight is 290 g/mol. The van der Waals surface area contributed by atoms with E-state index in [0.29, 0.717) is 0 Å². The summed E-state index contributed by atoms with van der Waals surface area (Å²) in [5.74, 6) is 0. The van der Waals surface area contributed by atoms with E-state index in [4.69, 9.17) is 5.73 Å². The molecule has 21 heavy (non-hydrogen) atoms. The van der Waals surface area contributed by atoms with Gasteiger partial charge in [-0.3, -0.25) is 4.90 Å². The SMILES string of the molecule is CCN(CC)C(CC)(CC)C(N)c1cc(C)c(C)cc1C. The number of hydrogen-bond acceptors (Lipinski definition) is 2. The molecule has 0 aliphatic rings. The summed E-state index contributed by atoms with van der Waals surface area (Å²) >= 11 is 0. The minimum atomic E-state index is 0.0515. The minimum absolute atomic E-state index is 0.0515. The monoisotopic (exact) mass is 290 g/mol. The Hall–Kier alpha value is -0.860. The molecule has 0 fully saturated rings. The van der Waals surface area contributed by atoms with Gasteiger partial charge in [-0.1, -0.05) is 39.8 Å². The van der Waals surface area contributed by atoms with E-state index < -0.39 is 0 Å². The van der Waals surface area contributed by atoms with Gasteiger partial charge >= 0.3 is 0 Å². The lowest BCUT2D eigenvalue weighted by molar-refractivity contribution is 0.0623. The van der Waals surface area contributed by atoms with Gasteiger partial charge in [0.2, 0.25) is 0 Å². The molecule has 120 valence electrons. The highest BCUT2D eigenvalue weighted by atomic mass is 15.2. The molecule has 0 aliphatic heterocycles. The Morgan fingerprint density at radius 3 is 1.81 bits per heavy atom. The van der Waals surface area contributed by atoms with Crippen molar-refractivity contribution in [3.8, 4) is 0 Å². The molecular weight excluding hydrogens is 256 g/mol. The van der Waals surface area contributed by atoms with Crippen LogP contribution >= 0.6 is 0 Å². The fraction of sp³-hybridized carbons (Fsp3) is 0.684. The second-order valence-corrected chi connectivity index (χ2v) is 6.25. The average Bonchev–Trinajstić information content (AvgIpc) is 2.48. The zero-order chi connectivity index (χ0) is 16.2. The fourth-order valence-electron chi connectivity index (χ4n) is 3.79. The van der Waals surface area contributed by atoms with Gasteiger partial charge in [-0.25, -0.2) is 0 Å².